The Morgan fingerprint density at radius 2 is 1.32 bits per heavy atom. The van der Waals surface area contributed by atoms with E-state index in [2.05, 4.69) is 47.3 Å². The van der Waals surface area contributed by atoms with Gasteiger partial charge >= 0.3 is 11.9 Å². The van der Waals surface area contributed by atoms with Gasteiger partial charge in [-0.1, -0.05) is 34.6 Å². The lowest BCUT2D eigenvalue weighted by molar-refractivity contribution is -0.150. The van der Waals surface area contributed by atoms with Gasteiger partial charge in [0, 0.05) is 38.0 Å². The second-order valence-electron chi connectivity index (χ2n) is 21.0. The molecule has 0 radical (unpaired) electrons. The van der Waals surface area contributed by atoms with Gasteiger partial charge in [-0.2, -0.15) is 0 Å². The number of carboxylic acid groups (broad SMARTS) is 2. The van der Waals surface area contributed by atoms with Gasteiger partial charge in [-0.3, -0.25) is 71.9 Å². The molecule has 0 aromatic heterocycles. The summed E-state index contributed by atoms with van der Waals surface area (Å²) in [5.41, 5.74) is 11.7. The molecule has 3 aliphatic rings. The first-order chi connectivity index (χ1) is 37.5. The number of hydrogen-bond donors (Lipinski definition) is 12. The molecule has 3 heterocycles. The molecule has 12 atom stereocenters. The molecule has 0 saturated carbocycles. The minimum Gasteiger partial charge on any atom is -0.481 e. The molecular formula is C50H78N12O18. The molecule has 3 rings (SSSR count). The summed E-state index contributed by atoms with van der Waals surface area (Å²) in [4.78, 5) is 204. The number of amides is 10. The molecule has 4 unspecified atom stereocenters. The molecule has 0 aromatic rings. The molecule has 0 spiro atoms. The van der Waals surface area contributed by atoms with Gasteiger partial charge in [0.25, 0.3) is 6.47 Å². The second-order valence-corrected chi connectivity index (χ2v) is 21.0. The summed E-state index contributed by atoms with van der Waals surface area (Å²) in [6, 6.07) is -13.4. The van der Waals surface area contributed by atoms with Crippen LogP contribution in [0.2, 0.25) is 0 Å². The third-order valence-corrected chi connectivity index (χ3v) is 14.0. The fourth-order valence-electron chi connectivity index (χ4n) is 9.54. The van der Waals surface area contributed by atoms with Gasteiger partial charge in [-0.05, 0) is 51.9 Å². The number of hydrogen-bond acceptors (Lipinski definition) is 18. The smallest absolute Gasteiger partial charge is 0.307 e. The first-order valence-electron chi connectivity index (χ1n) is 26.5. The van der Waals surface area contributed by atoms with Crippen LogP contribution in [0.15, 0.2) is 0 Å². The number of carbonyl (C=O) groups is 15. The van der Waals surface area contributed by atoms with Crippen LogP contribution in [0.5, 0.6) is 0 Å². The lowest BCUT2D eigenvalue weighted by Crippen LogP contribution is -2.64. The number of rotatable bonds is 15. The molecule has 0 aliphatic carbocycles. The van der Waals surface area contributed by atoms with E-state index in [1.54, 1.807) is 27.7 Å². The standard InChI is InChI=1S/C50H78N12O18/c1-23(2)40-48(76)62-14-10-12-35(62)47(75)56-27(7)41(60-46(74)31(17-37(52)66)55-24(3)4)49(77)61-13-9-8-11-34(61)36(65)16-29(25(5)50(78)79)42(70)58-32(18-39(68)69)44(72)54-20-38(67)57-33(21-80-22-63)45(73)53-19-28(64)15-30(26(6)51)43(71)59-40/h22-27,29-35,40-41,55H,8-21,51H2,1-7H3,(H2,52,66)(H,53,73)(H,54,72)(H,56,75)(H,57,67)(H,58,70)(H,59,71)(H,60,74)(H,68,69)(H,78,79)/t25?,26?,27-,29+,30-,31+,32+,33?,34-,35+,40+,41?/m1/s1. The molecule has 3 saturated heterocycles. The van der Waals surface area contributed by atoms with Gasteiger partial charge in [0.15, 0.2) is 11.6 Å². The van der Waals surface area contributed by atoms with Crippen LogP contribution < -0.4 is 54.0 Å². The van der Waals surface area contributed by atoms with Crippen molar-refractivity contribution in [2.45, 2.75) is 167 Å². The van der Waals surface area contributed by atoms with Crippen LogP contribution in [-0.4, -0.2) is 202 Å². The van der Waals surface area contributed by atoms with Crippen LogP contribution in [0.4, 0.5) is 0 Å². The van der Waals surface area contributed by atoms with Gasteiger partial charge in [-0.25, -0.2) is 0 Å². The molecule has 80 heavy (non-hydrogen) atoms. The predicted molar refractivity (Wildman–Crippen MR) is 277 cm³/mol. The summed E-state index contributed by atoms with van der Waals surface area (Å²) in [5.74, 6) is -20.1. The van der Waals surface area contributed by atoms with Crippen LogP contribution in [0.3, 0.4) is 0 Å². The highest BCUT2D eigenvalue weighted by atomic mass is 16.5. The van der Waals surface area contributed by atoms with E-state index >= 15 is 4.79 Å². The molecule has 0 aromatic carbocycles. The number of carboxylic acids is 2. The molecule has 10 amide bonds. The monoisotopic (exact) mass is 1130 g/mol. The van der Waals surface area contributed by atoms with Crippen LogP contribution in [0, 0.1) is 23.7 Å². The molecular weight excluding hydrogens is 1060 g/mol. The summed E-state index contributed by atoms with van der Waals surface area (Å²) in [6.07, 6.45) is -2.11. The van der Waals surface area contributed by atoms with E-state index < -0.39 is 212 Å². The Morgan fingerprint density at radius 3 is 1.91 bits per heavy atom. The number of nitrogens with zero attached hydrogens (tertiary/aromatic N) is 2. The number of nitrogens with one attached hydrogen (secondary N) is 8. The van der Waals surface area contributed by atoms with E-state index in [1.165, 1.54) is 18.7 Å². The Kier molecular flexibility index (Phi) is 26.0. The number of ketones is 2. The van der Waals surface area contributed by atoms with Crippen LogP contribution in [0.1, 0.15) is 106 Å². The zero-order valence-corrected chi connectivity index (χ0v) is 46.0. The van der Waals surface area contributed by atoms with Crippen molar-refractivity contribution in [3.63, 3.8) is 0 Å². The zero-order chi connectivity index (χ0) is 60.3. The van der Waals surface area contributed by atoms with Crippen molar-refractivity contribution in [3.8, 4) is 0 Å². The van der Waals surface area contributed by atoms with E-state index in [-0.39, 0.29) is 32.4 Å². The average molecular weight is 1140 g/mol. The first-order valence-corrected chi connectivity index (χ1v) is 26.5. The summed E-state index contributed by atoms with van der Waals surface area (Å²) in [6.45, 7) is 7.78. The van der Waals surface area contributed by atoms with Crippen molar-refractivity contribution in [3.05, 3.63) is 0 Å². The maximum Gasteiger partial charge on any atom is 0.307 e. The topological polar surface area (TPSA) is 460 Å². The van der Waals surface area contributed by atoms with Crippen molar-refractivity contribution in [1.29, 1.82) is 0 Å². The van der Waals surface area contributed by atoms with Gasteiger partial charge in [0.2, 0.25) is 59.1 Å². The van der Waals surface area contributed by atoms with Crippen molar-refractivity contribution in [2.24, 2.45) is 35.1 Å². The minimum absolute atomic E-state index is 0.0369. The molecule has 14 N–H and O–H groups in total. The van der Waals surface area contributed by atoms with Gasteiger partial charge in [0.1, 0.15) is 36.8 Å². The fraction of sp³-hybridized carbons (Fsp3) is 0.700. The number of aliphatic carboxylic acids is 2. The zero-order valence-electron chi connectivity index (χ0n) is 46.0. The van der Waals surface area contributed by atoms with Gasteiger partial charge < -0.3 is 78.8 Å². The Labute approximate surface area is 461 Å². The molecule has 446 valence electrons. The Hall–Kier alpha value is -7.63. The summed E-state index contributed by atoms with van der Waals surface area (Å²) >= 11 is 0. The van der Waals surface area contributed by atoms with Crippen molar-refractivity contribution in [2.75, 3.05) is 32.8 Å². The van der Waals surface area contributed by atoms with E-state index in [0.29, 0.717) is 19.3 Å². The van der Waals surface area contributed by atoms with Crippen molar-refractivity contribution >= 4 is 89.0 Å². The van der Waals surface area contributed by atoms with E-state index in [4.69, 9.17) is 11.5 Å². The second kappa shape index (κ2) is 31.2. The Balaban J connectivity index is 2.19. The lowest BCUT2D eigenvalue weighted by atomic mass is 9.84. The Morgan fingerprint density at radius 1 is 0.725 bits per heavy atom. The van der Waals surface area contributed by atoms with Crippen LogP contribution >= 0.6 is 0 Å². The molecule has 30 nitrogen and oxygen atoms in total. The normalized spacial score (nSPS) is 27.3. The number of fused-ring (bicyclic) bond motifs is 2. The molecule has 3 aliphatic heterocycles. The van der Waals surface area contributed by atoms with E-state index in [1.807, 2.05) is 0 Å². The van der Waals surface area contributed by atoms with Crippen LogP contribution in [0.25, 0.3) is 0 Å². The number of carbonyl (C=O) groups excluding carboxylic acids is 13. The van der Waals surface area contributed by atoms with Crippen molar-refractivity contribution in [1.82, 2.24) is 52.3 Å². The Bertz CT molecular complexity index is 2350. The quantitative estimate of drug-likeness (QED) is 0.0682. The number of primary amides is 1. The number of Topliss-reactive ketones (excluding diaryl/α,β-unsaturated/α-hetero) is 2. The van der Waals surface area contributed by atoms with Crippen LogP contribution in [-0.2, 0) is 76.7 Å². The maximum absolute atomic E-state index is 15.0. The third-order valence-electron chi connectivity index (χ3n) is 14.0. The van der Waals surface area contributed by atoms with Crippen molar-refractivity contribution < 1.29 is 86.9 Å². The number of ether oxygens (including phenoxy) is 1. The maximum atomic E-state index is 15.0. The van der Waals surface area contributed by atoms with E-state index in [9.17, 15) is 77.3 Å². The third kappa shape index (κ3) is 19.6. The number of piperidine rings is 1. The average Bonchev–Trinajstić information content (AvgIpc) is 3.88. The highest BCUT2D eigenvalue weighted by Gasteiger charge is 2.45. The largest absolute Gasteiger partial charge is 0.481 e. The highest BCUT2D eigenvalue weighted by Crippen LogP contribution is 2.27. The summed E-state index contributed by atoms with van der Waals surface area (Å²) < 4.78 is 4.66. The summed E-state index contributed by atoms with van der Waals surface area (Å²) in [7, 11) is 0. The lowest BCUT2D eigenvalue weighted by Gasteiger charge is -2.39. The minimum atomic E-state index is -2.01. The first kappa shape index (κ1) is 66.6. The molecule has 3 fully saturated rings. The summed E-state index contributed by atoms with van der Waals surface area (Å²) in [5, 5.41) is 39.4. The predicted octanol–water partition coefficient (Wildman–Crippen LogP) is -5.19. The SMILES string of the molecule is CC(C)N[C@@H](CC(N)=O)C(=O)NC1C(=O)N2CCCC[C@@H]2C(=O)C[C@@H](C(C)C(=O)O)C(=O)N[C@@H](CC(=O)O)C(=O)NCC(=O)NC(COC=O)C(=O)NCC(=O)C[C@H](C(C)N)C(=O)N[C@@H](C(C)C)C(=O)N2CCC[C@H]2C(=O)N[C@@H]1C. The van der Waals surface area contributed by atoms with Gasteiger partial charge in [-0.15, -0.1) is 0 Å². The molecule has 0 bridgehead atoms. The number of nitrogens with two attached hydrogens (primary N) is 2. The molecule has 30 heteroatoms. The van der Waals surface area contributed by atoms with Gasteiger partial charge in [0.05, 0.1) is 61.8 Å². The fourth-order valence-corrected chi connectivity index (χ4v) is 9.54. The van der Waals surface area contributed by atoms with E-state index in [0.717, 1.165) is 11.8 Å². The highest BCUT2D eigenvalue weighted by molar-refractivity contribution is 6.00.